The SMILES string of the molecule is O=C(Cc1cccc(-c2cnc3cc(C(=O)N4CCCC4)ccn23)c1)NCC(F)(F)F. The molecule has 1 N–H and O–H groups in total. The minimum atomic E-state index is -4.44. The topological polar surface area (TPSA) is 66.7 Å². The molecule has 2 amide bonds. The highest BCUT2D eigenvalue weighted by atomic mass is 19.4. The summed E-state index contributed by atoms with van der Waals surface area (Å²) in [6, 6.07) is 10.5. The van der Waals surface area contributed by atoms with Crippen LogP contribution in [0.2, 0.25) is 0 Å². The Kier molecular flexibility index (Phi) is 5.67. The molecule has 4 rings (SSSR count). The van der Waals surface area contributed by atoms with E-state index in [0.29, 0.717) is 16.8 Å². The van der Waals surface area contributed by atoms with E-state index in [1.165, 1.54) is 0 Å². The molecule has 1 aliphatic rings. The van der Waals surface area contributed by atoms with Crippen LogP contribution in [0.3, 0.4) is 0 Å². The lowest BCUT2D eigenvalue weighted by molar-refractivity contribution is -0.138. The van der Waals surface area contributed by atoms with Crippen molar-refractivity contribution in [2.75, 3.05) is 19.6 Å². The van der Waals surface area contributed by atoms with Gasteiger partial charge in [0.15, 0.2) is 0 Å². The standard InChI is InChI=1S/C22H21F3N4O2/c23-22(24,25)14-27-20(30)11-15-4-3-5-16(10-15)18-13-26-19-12-17(6-9-29(18)19)21(31)28-7-1-2-8-28/h3-6,9-10,12-13H,1-2,7-8,11,14H2,(H,27,30). The third-order valence-corrected chi connectivity index (χ3v) is 5.23. The van der Waals surface area contributed by atoms with Gasteiger partial charge < -0.3 is 10.2 Å². The van der Waals surface area contributed by atoms with Crippen LogP contribution in [-0.2, 0) is 11.2 Å². The molecule has 0 unspecified atom stereocenters. The molecule has 3 aromatic rings. The van der Waals surface area contributed by atoms with Crippen molar-refractivity contribution in [2.45, 2.75) is 25.4 Å². The average molecular weight is 430 g/mol. The molecule has 0 spiro atoms. The molecule has 1 fully saturated rings. The molecular formula is C22H21F3N4O2. The van der Waals surface area contributed by atoms with Gasteiger partial charge in [0.05, 0.1) is 18.3 Å². The largest absolute Gasteiger partial charge is 0.405 e. The Morgan fingerprint density at radius 2 is 1.87 bits per heavy atom. The average Bonchev–Trinajstić information content (AvgIpc) is 3.41. The first-order valence-electron chi connectivity index (χ1n) is 9.99. The van der Waals surface area contributed by atoms with Gasteiger partial charge in [-0.15, -0.1) is 0 Å². The number of carbonyl (C=O) groups excluding carboxylic acids is 2. The zero-order valence-corrected chi connectivity index (χ0v) is 16.7. The Bertz CT molecular complexity index is 1120. The molecule has 162 valence electrons. The lowest BCUT2D eigenvalue weighted by atomic mass is 10.1. The molecule has 0 bridgehead atoms. The molecule has 0 aliphatic carbocycles. The van der Waals surface area contributed by atoms with Crippen LogP contribution < -0.4 is 5.32 Å². The Hall–Kier alpha value is -3.36. The summed E-state index contributed by atoms with van der Waals surface area (Å²) in [5.41, 5.74) is 3.32. The maximum atomic E-state index is 12.6. The predicted octanol–water partition coefficient (Wildman–Crippen LogP) is 3.46. The number of hydrogen-bond acceptors (Lipinski definition) is 3. The summed E-state index contributed by atoms with van der Waals surface area (Å²) in [6.07, 6.45) is 0.891. The number of nitrogens with zero attached hydrogens (tertiary/aromatic N) is 3. The Morgan fingerprint density at radius 3 is 2.61 bits per heavy atom. The molecule has 0 radical (unpaired) electrons. The maximum Gasteiger partial charge on any atom is 0.405 e. The number of hydrogen-bond donors (Lipinski definition) is 1. The number of aromatic nitrogens is 2. The molecule has 2 aromatic heterocycles. The first kappa shape index (κ1) is 20.9. The second-order valence-electron chi connectivity index (χ2n) is 7.56. The zero-order chi connectivity index (χ0) is 22.0. The van der Waals surface area contributed by atoms with Gasteiger partial charge in [-0.05, 0) is 36.6 Å². The Morgan fingerprint density at radius 1 is 1.10 bits per heavy atom. The predicted molar refractivity (Wildman–Crippen MR) is 109 cm³/mol. The molecule has 9 heteroatoms. The summed E-state index contributed by atoms with van der Waals surface area (Å²) in [5.74, 6) is -0.700. The van der Waals surface area contributed by atoms with Gasteiger partial charge in [-0.25, -0.2) is 4.98 Å². The van der Waals surface area contributed by atoms with E-state index in [0.717, 1.165) is 37.2 Å². The molecule has 31 heavy (non-hydrogen) atoms. The highest BCUT2D eigenvalue weighted by molar-refractivity contribution is 5.95. The summed E-state index contributed by atoms with van der Waals surface area (Å²) in [5, 5.41) is 1.88. The third kappa shape index (κ3) is 4.87. The van der Waals surface area contributed by atoms with Crippen molar-refractivity contribution in [2.24, 2.45) is 0 Å². The van der Waals surface area contributed by atoms with Crippen molar-refractivity contribution in [3.63, 3.8) is 0 Å². The number of halogens is 3. The lowest BCUT2D eigenvalue weighted by Gasteiger charge is -2.15. The molecule has 0 atom stereocenters. The van der Waals surface area contributed by atoms with E-state index >= 15 is 0 Å². The molecule has 3 heterocycles. The van der Waals surface area contributed by atoms with Crippen LogP contribution in [-0.4, -0.2) is 51.9 Å². The smallest absolute Gasteiger partial charge is 0.347 e. The van der Waals surface area contributed by atoms with E-state index < -0.39 is 18.6 Å². The third-order valence-electron chi connectivity index (χ3n) is 5.23. The fourth-order valence-corrected chi connectivity index (χ4v) is 3.72. The van der Waals surface area contributed by atoms with Crippen LogP contribution in [0.15, 0.2) is 48.8 Å². The van der Waals surface area contributed by atoms with Gasteiger partial charge in [0, 0.05) is 30.4 Å². The normalized spacial score (nSPS) is 14.2. The van der Waals surface area contributed by atoms with Gasteiger partial charge in [0.1, 0.15) is 12.2 Å². The van der Waals surface area contributed by atoms with Gasteiger partial charge >= 0.3 is 6.18 Å². The number of imidazole rings is 1. The Balaban J connectivity index is 1.53. The van der Waals surface area contributed by atoms with Gasteiger partial charge in [0.2, 0.25) is 5.91 Å². The fourth-order valence-electron chi connectivity index (χ4n) is 3.72. The summed E-state index contributed by atoms with van der Waals surface area (Å²) in [4.78, 5) is 30.7. The van der Waals surface area contributed by atoms with E-state index in [1.54, 1.807) is 42.7 Å². The van der Waals surface area contributed by atoms with Crippen LogP contribution in [0.5, 0.6) is 0 Å². The number of pyridine rings is 1. The van der Waals surface area contributed by atoms with Crippen molar-refractivity contribution in [1.82, 2.24) is 19.6 Å². The molecule has 1 aliphatic heterocycles. The minimum absolute atomic E-state index is 0.00332. The first-order chi connectivity index (χ1) is 14.8. The maximum absolute atomic E-state index is 12.6. The first-order valence-corrected chi connectivity index (χ1v) is 9.99. The number of alkyl halides is 3. The van der Waals surface area contributed by atoms with Crippen molar-refractivity contribution in [1.29, 1.82) is 0 Å². The molecular weight excluding hydrogens is 409 g/mol. The van der Waals surface area contributed by atoms with Gasteiger partial charge in [-0.2, -0.15) is 13.2 Å². The van der Waals surface area contributed by atoms with Crippen molar-refractivity contribution in [3.8, 4) is 11.3 Å². The van der Waals surface area contributed by atoms with Gasteiger partial charge in [-0.1, -0.05) is 18.2 Å². The van der Waals surface area contributed by atoms with Crippen molar-refractivity contribution >= 4 is 17.5 Å². The molecule has 1 aromatic carbocycles. The van der Waals surface area contributed by atoms with Crippen LogP contribution in [0, 0.1) is 0 Å². The van der Waals surface area contributed by atoms with Crippen LogP contribution in [0.25, 0.3) is 16.9 Å². The number of amides is 2. The number of fused-ring (bicyclic) bond motifs is 1. The van der Waals surface area contributed by atoms with E-state index in [9.17, 15) is 22.8 Å². The van der Waals surface area contributed by atoms with E-state index in [2.05, 4.69) is 4.98 Å². The highest BCUT2D eigenvalue weighted by Crippen LogP contribution is 2.23. The van der Waals surface area contributed by atoms with E-state index in [1.807, 2.05) is 20.7 Å². The van der Waals surface area contributed by atoms with Crippen LogP contribution in [0.4, 0.5) is 13.2 Å². The fraction of sp³-hybridized carbons (Fsp3) is 0.318. The molecule has 6 nitrogen and oxygen atoms in total. The quantitative estimate of drug-likeness (QED) is 0.674. The summed E-state index contributed by atoms with van der Waals surface area (Å²) in [7, 11) is 0. The number of benzene rings is 1. The number of rotatable bonds is 5. The minimum Gasteiger partial charge on any atom is -0.347 e. The summed E-state index contributed by atoms with van der Waals surface area (Å²) < 4.78 is 38.6. The lowest BCUT2D eigenvalue weighted by Crippen LogP contribution is -2.34. The van der Waals surface area contributed by atoms with Gasteiger partial charge in [-0.3, -0.25) is 14.0 Å². The second kappa shape index (κ2) is 8.41. The van der Waals surface area contributed by atoms with Gasteiger partial charge in [0.25, 0.3) is 5.91 Å². The zero-order valence-electron chi connectivity index (χ0n) is 16.7. The van der Waals surface area contributed by atoms with Crippen molar-refractivity contribution < 1.29 is 22.8 Å². The summed E-state index contributed by atoms with van der Waals surface area (Å²) >= 11 is 0. The van der Waals surface area contributed by atoms with Crippen LogP contribution in [0.1, 0.15) is 28.8 Å². The number of likely N-dealkylation sites (tertiary alicyclic amines) is 1. The van der Waals surface area contributed by atoms with Crippen molar-refractivity contribution in [3.05, 3.63) is 59.9 Å². The molecule has 1 saturated heterocycles. The van der Waals surface area contributed by atoms with E-state index in [-0.39, 0.29) is 12.3 Å². The Labute approximate surface area is 176 Å². The van der Waals surface area contributed by atoms with E-state index in [4.69, 9.17) is 0 Å². The highest BCUT2D eigenvalue weighted by Gasteiger charge is 2.27. The molecule has 0 saturated carbocycles. The monoisotopic (exact) mass is 430 g/mol. The number of nitrogens with one attached hydrogen (secondary N) is 1. The number of carbonyl (C=O) groups is 2. The summed E-state index contributed by atoms with van der Waals surface area (Å²) in [6.45, 7) is 0.192. The second-order valence-corrected chi connectivity index (χ2v) is 7.56. The van der Waals surface area contributed by atoms with Crippen LogP contribution >= 0.6 is 0 Å².